The monoisotopic (exact) mass is 329 g/mol. The minimum atomic E-state index is -0.884. The molecule has 1 heterocycles. The molecule has 24 heavy (non-hydrogen) atoms. The molecule has 0 saturated heterocycles. The largest absolute Gasteiger partial charge is 0.481 e. The summed E-state index contributed by atoms with van der Waals surface area (Å²) in [5.41, 5.74) is 2.74. The number of rotatable bonds is 7. The van der Waals surface area contributed by atoms with Crippen molar-refractivity contribution in [2.75, 3.05) is 6.54 Å². The molecule has 0 fully saturated rings. The van der Waals surface area contributed by atoms with Crippen LogP contribution in [0.5, 0.6) is 0 Å². The van der Waals surface area contributed by atoms with Crippen molar-refractivity contribution < 1.29 is 14.7 Å². The first-order chi connectivity index (χ1) is 11.5. The van der Waals surface area contributed by atoms with Crippen LogP contribution in [-0.4, -0.2) is 33.3 Å². The summed E-state index contributed by atoms with van der Waals surface area (Å²) >= 11 is 0. The van der Waals surface area contributed by atoms with Crippen LogP contribution in [0.4, 0.5) is 0 Å². The first-order valence-corrected chi connectivity index (χ1v) is 8.08. The zero-order chi connectivity index (χ0) is 17.7. The summed E-state index contributed by atoms with van der Waals surface area (Å²) < 4.78 is 1.73. The van der Waals surface area contributed by atoms with Gasteiger partial charge in [0, 0.05) is 6.54 Å². The van der Waals surface area contributed by atoms with Gasteiger partial charge in [-0.1, -0.05) is 31.5 Å². The minimum absolute atomic E-state index is 0.122. The van der Waals surface area contributed by atoms with Crippen molar-refractivity contribution in [2.24, 2.45) is 5.92 Å². The van der Waals surface area contributed by atoms with E-state index in [1.807, 2.05) is 44.2 Å². The highest BCUT2D eigenvalue weighted by Crippen LogP contribution is 2.18. The molecule has 2 aromatic rings. The number of nitrogens with zero attached hydrogens (tertiary/aromatic N) is 2. The second-order valence-corrected chi connectivity index (χ2v) is 5.83. The van der Waals surface area contributed by atoms with Crippen LogP contribution in [0, 0.1) is 19.8 Å². The average Bonchev–Trinajstić information content (AvgIpc) is 2.86. The molecule has 128 valence electrons. The third-order valence-corrected chi connectivity index (χ3v) is 4.01. The van der Waals surface area contributed by atoms with E-state index in [0.717, 1.165) is 17.8 Å². The van der Waals surface area contributed by atoms with Crippen molar-refractivity contribution in [3.63, 3.8) is 0 Å². The van der Waals surface area contributed by atoms with Crippen molar-refractivity contribution in [3.8, 4) is 5.69 Å². The number of aryl methyl sites for hydroxylation is 1. The Morgan fingerprint density at radius 1 is 1.25 bits per heavy atom. The summed E-state index contributed by atoms with van der Waals surface area (Å²) in [5, 5.41) is 16.4. The molecule has 6 nitrogen and oxygen atoms in total. The topological polar surface area (TPSA) is 84.2 Å². The van der Waals surface area contributed by atoms with Gasteiger partial charge in [-0.25, -0.2) is 4.68 Å². The van der Waals surface area contributed by atoms with E-state index in [0.29, 0.717) is 17.7 Å². The van der Waals surface area contributed by atoms with Gasteiger partial charge >= 0.3 is 5.97 Å². The summed E-state index contributed by atoms with van der Waals surface area (Å²) in [7, 11) is 0. The van der Waals surface area contributed by atoms with Gasteiger partial charge in [0.1, 0.15) is 0 Å². The number of carboxylic acid groups (broad SMARTS) is 1. The Hall–Kier alpha value is -2.63. The van der Waals surface area contributed by atoms with Crippen LogP contribution in [0.3, 0.4) is 0 Å². The molecule has 0 aliphatic rings. The highest BCUT2D eigenvalue weighted by atomic mass is 16.4. The van der Waals surface area contributed by atoms with E-state index in [1.54, 1.807) is 11.6 Å². The smallest absolute Gasteiger partial charge is 0.308 e. The van der Waals surface area contributed by atoms with Crippen LogP contribution in [0.1, 0.15) is 41.5 Å². The van der Waals surface area contributed by atoms with Crippen LogP contribution < -0.4 is 5.32 Å². The quantitative estimate of drug-likeness (QED) is 0.818. The fourth-order valence-electron chi connectivity index (χ4n) is 2.76. The van der Waals surface area contributed by atoms with Crippen molar-refractivity contribution in [3.05, 3.63) is 47.3 Å². The SMILES string of the molecule is CCCC(CNC(=O)c1c(C)nn(-c2ccccc2)c1C)C(=O)O. The number of amides is 1. The maximum Gasteiger partial charge on any atom is 0.308 e. The molecule has 2 N–H and O–H groups in total. The summed E-state index contributed by atoms with van der Waals surface area (Å²) in [5.74, 6) is -1.73. The van der Waals surface area contributed by atoms with Gasteiger partial charge in [0.2, 0.25) is 0 Å². The molecular formula is C18H23N3O3. The van der Waals surface area contributed by atoms with E-state index in [9.17, 15) is 14.7 Å². The maximum atomic E-state index is 12.5. The molecule has 2 rings (SSSR count). The van der Waals surface area contributed by atoms with E-state index in [1.165, 1.54) is 0 Å². The number of para-hydroxylation sites is 1. The number of hydrogen-bond donors (Lipinski definition) is 2. The Balaban J connectivity index is 2.18. The molecule has 1 aromatic carbocycles. The normalized spacial score (nSPS) is 12.0. The fourth-order valence-corrected chi connectivity index (χ4v) is 2.76. The first-order valence-electron chi connectivity index (χ1n) is 8.08. The Labute approximate surface area is 141 Å². The number of carboxylic acids is 1. The van der Waals surface area contributed by atoms with Gasteiger partial charge in [-0.3, -0.25) is 9.59 Å². The molecule has 0 aliphatic carbocycles. The van der Waals surface area contributed by atoms with Crippen molar-refractivity contribution in [1.29, 1.82) is 0 Å². The third kappa shape index (κ3) is 3.82. The van der Waals surface area contributed by atoms with E-state index < -0.39 is 11.9 Å². The van der Waals surface area contributed by atoms with Crippen molar-refractivity contribution in [1.82, 2.24) is 15.1 Å². The van der Waals surface area contributed by atoms with Gasteiger partial charge in [-0.2, -0.15) is 5.10 Å². The van der Waals surface area contributed by atoms with Crippen LogP contribution in [-0.2, 0) is 4.79 Å². The zero-order valence-corrected chi connectivity index (χ0v) is 14.2. The van der Waals surface area contributed by atoms with Gasteiger partial charge in [0.05, 0.1) is 28.6 Å². The first kappa shape index (κ1) is 17.7. The lowest BCUT2D eigenvalue weighted by atomic mass is 10.0. The fraction of sp³-hybridized carbons (Fsp3) is 0.389. The standard InChI is InChI=1S/C18H23N3O3/c1-4-8-14(18(23)24)11-19-17(22)16-12(2)20-21(13(16)3)15-9-6-5-7-10-15/h5-7,9-10,14H,4,8,11H2,1-3H3,(H,19,22)(H,23,24). The Kier molecular flexibility index (Phi) is 5.73. The number of nitrogens with one attached hydrogen (secondary N) is 1. The number of aromatic nitrogens is 2. The van der Waals surface area contributed by atoms with E-state index in [2.05, 4.69) is 10.4 Å². The number of benzene rings is 1. The molecule has 1 aromatic heterocycles. The van der Waals surface area contributed by atoms with Crippen LogP contribution in [0.15, 0.2) is 30.3 Å². The highest BCUT2D eigenvalue weighted by Gasteiger charge is 2.22. The van der Waals surface area contributed by atoms with Crippen LogP contribution in [0.2, 0.25) is 0 Å². The summed E-state index contributed by atoms with van der Waals surface area (Å²) in [6.07, 6.45) is 1.30. The molecule has 0 spiro atoms. The third-order valence-electron chi connectivity index (χ3n) is 4.01. The second-order valence-electron chi connectivity index (χ2n) is 5.83. The predicted octanol–water partition coefficient (Wildman–Crippen LogP) is 2.72. The molecule has 6 heteroatoms. The number of hydrogen-bond acceptors (Lipinski definition) is 3. The number of carbonyl (C=O) groups is 2. The molecule has 1 atom stereocenters. The van der Waals surface area contributed by atoms with Crippen molar-refractivity contribution >= 4 is 11.9 Å². The van der Waals surface area contributed by atoms with E-state index >= 15 is 0 Å². The van der Waals surface area contributed by atoms with Crippen LogP contribution >= 0.6 is 0 Å². The van der Waals surface area contributed by atoms with Gasteiger partial charge < -0.3 is 10.4 Å². The summed E-state index contributed by atoms with van der Waals surface area (Å²) in [4.78, 5) is 23.7. The Morgan fingerprint density at radius 3 is 2.50 bits per heavy atom. The minimum Gasteiger partial charge on any atom is -0.481 e. The average molecular weight is 329 g/mol. The molecule has 0 radical (unpaired) electrons. The predicted molar refractivity (Wildman–Crippen MR) is 91.4 cm³/mol. The molecule has 0 aliphatic heterocycles. The van der Waals surface area contributed by atoms with Gasteiger partial charge in [0.25, 0.3) is 5.91 Å². The van der Waals surface area contributed by atoms with Crippen LogP contribution in [0.25, 0.3) is 5.69 Å². The number of carbonyl (C=O) groups excluding carboxylic acids is 1. The maximum absolute atomic E-state index is 12.5. The lowest BCUT2D eigenvalue weighted by molar-refractivity contribution is -0.141. The molecule has 1 unspecified atom stereocenters. The van der Waals surface area contributed by atoms with E-state index in [4.69, 9.17) is 0 Å². The Morgan fingerprint density at radius 2 is 1.92 bits per heavy atom. The highest BCUT2D eigenvalue weighted by molar-refractivity contribution is 5.96. The van der Waals surface area contributed by atoms with Crippen molar-refractivity contribution in [2.45, 2.75) is 33.6 Å². The summed E-state index contributed by atoms with van der Waals surface area (Å²) in [6.45, 7) is 5.66. The van der Waals surface area contributed by atoms with Gasteiger partial charge in [-0.05, 0) is 32.4 Å². The number of aliphatic carboxylic acids is 1. The van der Waals surface area contributed by atoms with E-state index in [-0.39, 0.29) is 12.5 Å². The molecular weight excluding hydrogens is 306 g/mol. The molecule has 1 amide bonds. The lowest BCUT2D eigenvalue weighted by Crippen LogP contribution is -2.33. The zero-order valence-electron chi connectivity index (χ0n) is 14.2. The second kappa shape index (κ2) is 7.77. The van der Waals surface area contributed by atoms with Gasteiger partial charge in [-0.15, -0.1) is 0 Å². The molecule has 0 bridgehead atoms. The molecule has 0 saturated carbocycles. The lowest BCUT2D eigenvalue weighted by Gasteiger charge is -2.12. The Bertz CT molecular complexity index is 723. The van der Waals surface area contributed by atoms with Gasteiger partial charge in [0.15, 0.2) is 0 Å². The summed E-state index contributed by atoms with van der Waals surface area (Å²) in [6, 6.07) is 9.58.